The van der Waals surface area contributed by atoms with Crippen LogP contribution in [0.2, 0.25) is 0 Å². The number of methoxy groups -OCH3 is 1. The highest BCUT2D eigenvalue weighted by Gasteiger charge is 2.50. The number of aliphatic hydroxyl groups is 2. The number of hydrogen-bond acceptors (Lipinski definition) is 5. The molecule has 1 aliphatic rings. The van der Waals surface area contributed by atoms with Crippen LogP contribution in [0.25, 0.3) is 5.65 Å². The summed E-state index contributed by atoms with van der Waals surface area (Å²) < 4.78 is 7.47. The molecule has 0 fully saturated rings. The van der Waals surface area contributed by atoms with Gasteiger partial charge in [-0.2, -0.15) is 0 Å². The van der Waals surface area contributed by atoms with Crippen LogP contribution in [0.15, 0.2) is 66.9 Å². The summed E-state index contributed by atoms with van der Waals surface area (Å²) in [5.41, 5.74) is 5.45. The topological polar surface area (TPSA) is 79.0 Å². The molecule has 0 aliphatic carbocycles. The van der Waals surface area contributed by atoms with Gasteiger partial charge in [0.1, 0.15) is 17.7 Å². The van der Waals surface area contributed by atoms with E-state index in [1.54, 1.807) is 7.11 Å². The number of rotatable bonds is 4. The lowest BCUT2D eigenvalue weighted by Crippen LogP contribution is -2.53. The maximum Gasteiger partial charge on any atom is 0.161 e. The Hall–Kier alpha value is -3.19. The number of benzene rings is 2. The van der Waals surface area contributed by atoms with E-state index >= 15 is 0 Å². The minimum Gasteiger partial charge on any atom is -0.387 e. The third-order valence-electron chi connectivity index (χ3n) is 6.63. The highest BCUT2D eigenvalue weighted by Crippen LogP contribution is 2.49. The number of nitrogens with zero attached hydrogens (tertiary/aromatic N) is 2. The van der Waals surface area contributed by atoms with E-state index in [-0.39, 0.29) is 0 Å². The molecule has 0 bridgehead atoms. The van der Waals surface area contributed by atoms with Crippen LogP contribution in [0.4, 0.5) is 5.69 Å². The Morgan fingerprint density at radius 1 is 1.00 bits per heavy atom. The molecular weight excluding hydrogens is 402 g/mol. The van der Waals surface area contributed by atoms with E-state index in [0.717, 1.165) is 33.7 Å². The number of ether oxygens (including phenoxy) is 1. The van der Waals surface area contributed by atoms with E-state index < -0.39 is 17.7 Å². The molecule has 3 heterocycles. The summed E-state index contributed by atoms with van der Waals surface area (Å²) in [5.74, 6) is 0. The van der Waals surface area contributed by atoms with Crippen LogP contribution in [-0.4, -0.2) is 32.8 Å². The molecule has 0 amide bonds. The smallest absolute Gasteiger partial charge is 0.161 e. The van der Waals surface area contributed by atoms with E-state index in [4.69, 9.17) is 9.72 Å². The van der Waals surface area contributed by atoms with Crippen LogP contribution in [0.5, 0.6) is 0 Å². The average molecular weight is 430 g/mol. The van der Waals surface area contributed by atoms with Crippen molar-refractivity contribution in [3.63, 3.8) is 0 Å². The number of fused-ring (bicyclic) bond motifs is 3. The molecule has 2 aromatic heterocycles. The first-order valence-corrected chi connectivity index (χ1v) is 10.7. The molecule has 0 radical (unpaired) electrons. The number of aryl methyl sites for hydroxylation is 2. The van der Waals surface area contributed by atoms with Crippen molar-refractivity contribution in [2.45, 2.75) is 38.2 Å². The summed E-state index contributed by atoms with van der Waals surface area (Å²) in [6.45, 7) is 4.30. The SMILES string of the molecule is COCc1cn2c(C)c(C)nc2c2c1[C@@H](O)[C@H](O)C(c1ccccc1)(c1ccccc1)N2. The first-order chi connectivity index (χ1) is 15.5. The van der Waals surface area contributed by atoms with Crippen molar-refractivity contribution >= 4 is 11.3 Å². The summed E-state index contributed by atoms with van der Waals surface area (Å²) in [7, 11) is 1.62. The average Bonchev–Trinajstić information content (AvgIpc) is 3.11. The van der Waals surface area contributed by atoms with Gasteiger partial charge < -0.3 is 24.7 Å². The van der Waals surface area contributed by atoms with Gasteiger partial charge in [-0.25, -0.2) is 4.98 Å². The van der Waals surface area contributed by atoms with Gasteiger partial charge in [-0.1, -0.05) is 60.7 Å². The van der Waals surface area contributed by atoms with Crippen LogP contribution in [0, 0.1) is 13.8 Å². The molecule has 0 saturated heterocycles. The zero-order valence-corrected chi connectivity index (χ0v) is 18.4. The lowest BCUT2D eigenvalue weighted by molar-refractivity contribution is -0.0211. The summed E-state index contributed by atoms with van der Waals surface area (Å²) in [6, 6.07) is 19.5. The second kappa shape index (κ2) is 7.74. The van der Waals surface area contributed by atoms with Crippen LogP contribution < -0.4 is 5.32 Å². The number of pyridine rings is 1. The minimum absolute atomic E-state index is 0.310. The van der Waals surface area contributed by atoms with Crippen LogP contribution in [0.3, 0.4) is 0 Å². The van der Waals surface area contributed by atoms with Gasteiger partial charge >= 0.3 is 0 Å². The molecule has 4 aromatic rings. The molecule has 6 heteroatoms. The molecule has 5 rings (SSSR count). The maximum absolute atomic E-state index is 11.7. The number of nitrogens with one attached hydrogen (secondary N) is 1. The van der Waals surface area contributed by atoms with Crippen molar-refractivity contribution in [2.24, 2.45) is 0 Å². The zero-order valence-electron chi connectivity index (χ0n) is 18.4. The normalized spacial score (nSPS) is 19.5. The van der Waals surface area contributed by atoms with Crippen molar-refractivity contribution in [1.29, 1.82) is 0 Å². The van der Waals surface area contributed by atoms with Gasteiger partial charge in [-0.05, 0) is 25.0 Å². The Morgan fingerprint density at radius 3 is 2.16 bits per heavy atom. The predicted molar refractivity (Wildman–Crippen MR) is 124 cm³/mol. The summed E-state index contributed by atoms with van der Waals surface area (Å²) in [6.07, 6.45) is -0.336. The van der Waals surface area contributed by atoms with Crippen molar-refractivity contribution in [3.8, 4) is 0 Å². The molecule has 2 atom stereocenters. The number of hydrogen-bond donors (Lipinski definition) is 3. The van der Waals surface area contributed by atoms with Crippen molar-refractivity contribution in [2.75, 3.05) is 12.4 Å². The standard InChI is InChI=1S/C26H27N3O3/c1-16-17(2)29-14-18(15-32-3)21-22(25(29)27-16)28-26(24(31)23(21)30,19-10-6-4-7-11-19)20-12-8-5-9-13-20/h4-14,23-24,28,30-31H,15H2,1-3H3/t23-,24+/m1/s1. The number of imidazole rings is 1. The first-order valence-electron chi connectivity index (χ1n) is 10.7. The van der Waals surface area contributed by atoms with Crippen molar-refractivity contribution in [1.82, 2.24) is 9.38 Å². The third kappa shape index (κ3) is 2.88. The lowest BCUT2D eigenvalue weighted by Gasteiger charge is -2.47. The first kappa shape index (κ1) is 20.7. The number of aromatic nitrogens is 2. The largest absolute Gasteiger partial charge is 0.387 e. The Bertz CT molecular complexity index is 1230. The molecule has 32 heavy (non-hydrogen) atoms. The molecule has 164 valence electrons. The lowest BCUT2D eigenvalue weighted by atomic mass is 9.72. The molecule has 2 aromatic carbocycles. The van der Waals surface area contributed by atoms with Gasteiger partial charge in [0.15, 0.2) is 5.65 Å². The highest BCUT2D eigenvalue weighted by atomic mass is 16.5. The third-order valence-corrected chi connectivity index (χ3v) is 6.63. The molecular formula is C26H27N3O3. The van der Waals surface area contributed by atoms with Gasteiger partial charge in [0.25, 0.3) is 0 Å². The zero-order chi connectivity index (χ0) is 22.5. The molecule has 3 N–H and O–H groups in total. The van der Waals surface area contributed by atoms with Gasteiger partial charge in [-0.15, -0.1) is 0 Å². The number of anilines is 1. The van der Waals surface area contributed by atoms with Gasteiger partial charge in [0.2, 0.25) is 0 Å². The van der Waals surface area contributed by atoms with Gasteiger partial charge in [-0.3, -0.25) is 0 Å². The van der Waals surface area contributed by atoms with Crippen molar-refractivity contribution < 1.29 is 14.9 Å². The molecule has 0 spiro atoms. The molecule has 1 aliphatic heterocycles. The maximum atomic E-state index is 11.7. The fraction of sp³-hybridized carbons (Fsp3) is 0.269. The Labute approximate surface area is 187 Å². The van der Waals surface area contributed by atoms with Crippen LogP contribution in [0.1, 0.15) is 39.7 Å². The van der Waals surface area contributed by atoms with E-state index in [9.17, 15) is 10.2 Å². The number of aliphatic hydroxyl groups excluding tert-OH is 2. The summed E-state index contributed by atoms with van der Waals surface area (Å²) in [5, 5.41) is 26.9. The second-order valence-electron chi connectivity index (χ2n) is 8.41. The molecule has 6 nitrogen and oxygen atoms in total. The summed E-state index contributed by atoms with van der Waals surface area (Å²) >= 11 is 0. The fourth-order valence-corrected chi connectivity index (χ4v) is 4.92. The highest BCUT2D eigenvalue weighted by molar-refractivity contribution is 5.79. The Kier molecular flexibility index (Phi) is 5.01. The van der Waals surface area contributed by atoms with Crippen LogP contribution in [-0.2, 0) is 16.9 Å². The van der Waals surface area contributed by atoms with Crippen LogP contribution >= 0.6 is 0 Å². The Morgan fingerprint density at radius 2 is 1.59 bits per heavy atom. The van der Waals surface area contributed by atoms with Gasteiger partial charge in [0, 0.05) is 30.1 Å². The second-order valence-corrected chi connectivity index (χ2v) is 8.41. The minimum atomic E-state index is -1.14. The quantitative estimate of drug-likeness (QED) is 0.459. The molecule has 0 unspecified atom stereocenters. The predicted octanol–water partition coefficient (Wildman–Crippen LogP) is 3.86. The monoisotopic (exact) mass is 429 g/mol. The van der Waals surface area contributed by atoms with E-state index in [2.05, 4.69) is 5.32 Å². The fourth-order valence-electron chi connectivity index (χ4n) is 4.92. The van der Waals surface area contributed by atoms with E-state index in [1.807, 2.05) is 85.1 Å². The van der Waals surface area contributed by atoms with Gasteiger partial charge in [0.05, 0.1) is 18.0 Å². The van der Waals surface area contributed by atoms with E-state index in [1.165, 1.54) is 0 Å². The summed E-state index contributed by atoms with van der Waals surface area (Å²) in [4.78, 5) is 4.81. The Balaban J connectivity index is 1.86. The van der Waals surface area contributed by atoms with Crippen molar-refractivity contribution in [3.05, 3.63) is 101 Å². The van der Waals surface area contributed by atoms with E-state index in [0.29, 0.717) is 17.9 Å². The molecule has 0 saturated carbocycles.